The third-order valence-electron chi connectivity index (χ3n) is 2.98. The van der Waals surface area contributed by atoms with Crippen LogP contribution in [0.1, 0.15) is 11.3 Å². The van der Waals surface area contributed by atoms with Gasteiger partial charge in [0.25, 0.3) is 0 Å². The van der Waals surface area contributed by atoms with Gasteiger partial charge in [-0.1, -0.05) is 23.7 Å². The molecule has 0 bridgehead atoms. The summed E-state index contributed by atoms with van der Waals surface area (Å²) in [5, 5.41) is 3.96. The lowest BCUT2D eigenvalue weighted by Crippen LogP contribution is -2.24. The van der Waals surface area contributed by atoms with Gasteiger partial charge in [0.05, 0.1) is 5.69 Å². The normalized spacial score (nSPS) is 11.9. The first-order valence-corrected chi connectivity index (χ1v) is 8.29. The lowest BCUT2D eigenvalue weighted by Gasteiger charge is -2.08. The van der Waals surface area contributed by atoms with E-state index >= 15 is 0 Å². The van der Waals surface area contributed by atoms with Gasteiger partial charge in [-0.05, 0) is 24.6 Å². The molecule has 2 rings (SSSR count). The SMILES string of the molecule is Cc1nn(C)c(Cl)c1S(=O)(=O)NCc1ccc(OC(F)F)cc1. The molecule has 1 heterocycles. The molecule has 0 radical (unpaired) electrons. The first kappa shape index (κ1) is 17.6. The van der Waals surface area contributed by atoms with Gasteiger partial charge >= 0.3 is 6.61 Å². The van der Waals surface area contributed by atoms with E-state index in [4.69, 9.17) is 11.6 Å². The summed E-state index contributed by atoms with van der Waals surface area (Å²) in [6, 6.07) is 5.63. The molecule has 6 nitrogen and oxygen atoms in total. The van der Waals surface area contributed by atoms with E-state index in [0.29, 0.717) is 5.56 Å². The fourth-order valence-electron chi connectivity index (χ4n) is 1.96. The van der Waals surface area contributed by atoms with Crippen LogP contribution >= 0.6 is 11.6 Å². The summed E-state index contributed by atoms with van der Waals surface area (Å²) in [5.74, 6) is -0.00208. The number of nitrogens with zero attached hydrogens (tertiary/aromatic N) is 2. The van der Waals surface area contributed by atoms with Crippen LogP contribution in [0.4, 0.5) is 8.78 Å². The van der Waals surface area contributed by atoms with Gasteiger partial charge in [-0.15, -0.1) is 0 Å². The standard InChI is InChI=1S/C13H14ClF2N3O3S/c1-8-11(12(14)19(2)18-8)23(20,21)17-7-9-3-5-10(6-4-9)22-13(15)16/h3-6,13,17H,7H2,1-2H3. The molecule has 10 heteroatoms. The third-order valence-corrected chi connectivity index (χ3v) is 5.08. The summed E-state index contributed by atoms with van der Waals surface area (Å²) >= 11 is 5.94. The molecule has 1 aromatic carbocycles. The second kappa shape index (κ2) is 6.81. The van der Waals surface area contributed by atoms with E-state index in [-0.39, 0.29) is 28.0 Å². The van der Waals surface area contributed by atoms with E-state index < -0.39 is 16.6 Å². The number of nitrogens with one attached hydrogen (secondary N) is 1. The summed E-state index contributed by atoms with van der Waals surface area (Å²) < 4.78 is 56.6. The number of ether oxygens (including phenoxy) is 1. The highest BCUT2D eigenvalue weighted by atomic mass is 35.5. The number of rotatable bonds is 6. The van der Waals surface area contributed by atoms with Crippen LogP contribution in [0.25, 0.3) is 0 Å². The van der Waals surface area contributed by atoms with Gasteiger partial charge in [0.1, 0.15) is 15.8 Å². The molecule has 0 aliphatic carbocycles. The minimum absolute atomic E-state index is 0.00208. The lowest BCUT2D eigenvalue weighted by atomic mass is 10.2. The van der Waals surface area contributed by atoms with Crippen molar-refractivity contribution in [2.45, 2.75) is 25.0 Å². The van der Waals surface area contributed by atoms with Crippen LogP contribution in [0.2, 0.25) is 5.15 Å². The Morgan fingerprint density at radius 3 is 2.43 bits per heavy atom. The number of hydrogen-bond acceptors (Lipinski definition) is 4. The van der Waals surface area contributed by atoms with E-state index in [9.17, 15) is 17.2 Å². The maximum absolute atomic E-state index is 12.3. The molecule has 2 aromatic rings. The van der Waals surface area contributed by atoms with Crippen molar-refractivity contribution in [2.75, 3.05) is 0 Å². The van der Waals surface area contributed by atoms with Crippen molar-refractivity contribution in [3.63, 3.8) is 0 Å². The van der Waals surface area contributed by atoms with Crippen LogP contribution in [0, 0.1) is 6.92 Å². The Hall–Kier alpha value is -1.71. The van der Waals surface area contributed by atoms with Crippen molar-refractivity contribution in [1.29, 1.82) is 0 Å². The van der Waals surface area contributed by atoms with Crippen molar-refractivity contribution < 1.29 is 21.9 Å². The Kier molecular flexibility index (Phi) is 5.23. The van der Waals surface area contributed by atoms with Gasteiger partial charge in [-0.3, -0.25) is 4.68 Å². The Balaban J connectivity index is 2.10. The highest BCUT2D eigenvalue weighted by Gasteiger charge is 2.24. The summed E-state index contributed by atoms with van der Waals surface area (Å²) in [5.41, 5.74) is 0.860. The lowest BCUT2D eigenvalue weighted by molar-refractivity contribution is -0.0498. The van der Waals surface area contributed by atoms with Crippen molar-refractivity contribution >= 4 is 21.6 Å². The zero-order valence-corrected chi connectivity index (χ0v) is 13.8. The summed E-state index contributed by atoms with van der Waals surface area (Å²) in [7, 11) is -2.31. The van der Waals surface area contributed by atoms with Crippen LogP contribution in [-0.4, -0.2) is 24.8 Å². The van der Waals surface area contributed by atoms with E-state index in [0.717, 1.165) is 0 Å². The molecular weight excluding hydrogens is 352 g/mol. The molecular formula is C13H14ClF2N3O3S. The Bertz CT molecular complexity index is 792. The third kappa shape index (κ3) is 4.18. The van der Waals surface area contributed by atoms with Gasteiger partial charge in [-0.25, -0.2) is 13.1 Å². The fraction of sp³-hybridized carbons (Fsp3) is 0.308. The molecule has 0 saturated carbocycles. The average Bonchev–Trinajstić information content (AvgIpc) is 2.71. The van der Waals surface area contributed by atoms with Crippen LogP contribution in [-0.2, 0) is 23.6 Å². The molecule has 0 fully saturated rings. The smallest absolute Gasteiger partial charge is 0.387 e. The Morgan fingerprint density at radius 1 is 1.35 bits per heavy atom. The molecule has 0 amide bonds. The number of sulfonamides is 1. The van der Waals surface area contributed by atoms with Gasteiger partial charge in [0, 0.05) is 13.6 Å². The predicted molar refractivity (Wildman–Crippen MR) is 80.1 cm³/mol. The highest BCUT2D eigenvalue weighted by molar-refractivity contribution is 7.89. The van der Waals surface area contributed by atoms with Crippen LogP contribution in [0.5, 0.6) is 5.75 Å². The number of alkyl halides is 2. The molecule has 0 aliphatic rings. The molecule has 1 N–H and O–H groups in total. The second-order valence-electron chi connectivity index (χ2n) is 4.68. The fourth-order valence-corrected chi connectivity index (χ4v) is 3.72. The van der Waals surface area contributed by atoms with Crippen LogP contribution in [0.15, 0.2) is 29.2 Å². The molecule has 126 valence electrons. The number of hydrogen-bond donors (Lipinski definition) is 1. The number of aryl methyl sites for hydroxylation is 2. The topological polar surface area (TPSA) is 73.2 Å². The predicted octanol–water partition coefficient (Wildman–Crippen LogP) is 2.46. The molecule has 0 spiro atoms. The largest absolute Gasteiger partial charge is 0.435 e. The number of halogens is 3. The van der Waals surface area contributed by atoms with E-state index in [1.54, 1.807) is 0 Å². The van der Waals surface area contributed by atoms with Crippen LogP contribution < -0.4 is 9.46 Å². The van der Waals surface area contributed by atoms with Gasteiger partial charge in [-0.2, -0.15) is 13.9 Å². The van der Waals surface area contributed by atoms with Crippen molar-refractivity contribution in [3.8, 4) is 5.75 Å². The summed E-state index contributed by atoms with van der Waals surface area (Å²) in [6.07, 6.45) is 0. The zero-order valence-electron chi connectivity index (χ0n) is 12.3. The molecule has 0 aliphatic heterocycles. The summed E-state index contributed by atoms with van der Waals surface area (Å²) in [4.78, 5) is -0.0840. The Labute approximate surface area is 137 Å². The average molecular weight is 366 g/mol. The van der Waals surface area contributed by atoms with Crippen LogP contribution in [0.3, 0.4) is 0 Å². The zero-order chi connectivity index (χ0) is 17.2. The van der Waals surface area contributed by atoms with E-state index in [1.165, 1.54) is 42.9 Å². The molecule has 0 atom stereocenters. The molecule has 0 saturated heterocycles. The molecule has 1 aromatic heterocycles. The van der Waals surface area contributed by atoms with Crippen molar-refractivity contribution in [3.05, 3.63) is 40.7 Å². The minimum atomic E-state index is -3.84. The maximum atomic E-state index is 12.3. The van der Waals surface area contributed by atoms with Gasteiger partial charge in [0.15, 0.2) is 0 Å². The quantitative estimate of drug-likeness (QED) is 0.853. The van der Waals surface area contributed by atoms with Crippen molar-refractivity contribution in [1.82, 2.24) is 14.5 Å². The van der Waals surface area contributed by atoms with E-state index in [1.807, 2.05) is 0 Å². The molecule has 0 unspecified atom stereocenters. The first-order chi connectivity index (χ1) is 10.7. The monoisotopic (exact) mass is 365 g/mol. The summed E-state index contributed by atoms with van der Waals surface area (Å²) in [6.45, 7) is -1.39. The minimum Gasteiger partial charge on any atom is -0.435 e. The van der Waals surface area contributed by atoms with Gasteiger partial charge < -0.3 is 4.74 Å². The first-order valence-electron chi connectivity index (χ1n) is 6.43. The van der Waals surface area contributed by atoms with E-state index in [2.05, 4.69) is 14.6 Å². The molecule has 23 heavy (non-hydrogen) atoms. The highest BCUT2D eigenvalue weighted by Crippen LogP contribution is 2.24. The number of aromatic nitrogens is 2. The van der Waals surface area contributed by atoms with Crippen molar-refractivity contribution in [2.24, 2.45) is 7.05 Å². The van der Waals surface area contributed by atoms with Gasteiger partial charge in [0.2, 0.25) is 10.0 Å². The number of benzene rings is 1. The second-order valence-corrected chi connectivity index (χ2v) is 6.74. The Morgan fingerprint density at radius 2 is 1.96 bits per heavy atom. The maximum Gasteiger partial charge on any atom is 0.387 e.